The molecular formula is C90H94Cl12N25Na2O17PS2. The third kappa shape index (κ3) is 43.6. The Morgan fingerprint density at radius 2 is 0.913 bits per heavy atom. The van der Waals surface area contributed by atoms with E-state index in [-0.39, 0.29) is 56.9 Å². The van der Waals surface area contributed by atoms with Gasteiger partial charge in [0.05, 0.1) is 89.0 Å². The molecule has 0 aliphatic carbocycles. The Bertz CT molecular complexity index is 7570. The topological polar surface area (TPSA) is 559 Å². The van der Waals surface area contributed by atoms with Gasteiger partial charge in [-0.1, -0.05) is 105 Å². The fourth-order valence-electron chi connectivity index (χ4n) is 12.7. The number of nitrogen functional groups attached to an aromatic ring is 1. The van der Waals surface area contributed by atoms with E-state index in [9.17, 15) is 54.1 Å². The molecule has 0 amide bonds. The second-order valence-electron chi connectivity index (χ2n) is 30.2. The predicted octanol–water partition coefficient (Wildman–Crippen LogP) is 18.9. The Hall–Kier alpha value is -10.0. The Balaban J connectivity index is 0.000000289. The Kier molecular flexibility index (Phi) is 57.4. The molecule has 18 rings (SSSR count). The number of hydrogen-bond donors (Lipinski definition) is 7. The Morgan fingerprint density at radius 3 is 1.35 bits per heavy atom. The molecule has 0 atom stereocenters. The van der Waals surface area contributed by atoms with Crippen LogP contribution in [-0.4, -0.2) is 292 Å². The van der Waals surface area contributed by atoms with E-state index in [0.717, 1.165) is 111 Å². The van der Waals surface area contributed by atoms with Crippen molar-refractivity contribution in [3.63, 3.8) is 0 Å². The number of aromatic nitrogens is 13. The van der Waals surface area contributed by atoms with Crippen molar-refractivity contribution >= 4 is 301 Å². The predicted molar refractivity (Wildman–Crippen MR) is 593 cm³/mol. The van der Waals surface area contributed by atoms with Gasteiger partial charge in [0.1, 0.15) is 5.56 Å². The first-order valence-corrected chi connectivity index (χ1v) is 61.5. The first kappa shape index (κ1) is 129. The molecule has 42 nitrogen and oxygen atoms in total. The zero-order chi connectivity index (χ0) is 111. The van der Waals surface area contributed by atoms with Crippen molar-refractivity contribution < 1.29 is 60.0 Å². The van der Waals surface area contributed by atoms with Crippen LogP contribution in [0.3, 0.4) is 0 Å². The van der Waals surface area contributed by atoms with E-state index >= 15 is 0 Å². The van der Waals surface area contributed by atoms with E-state index in [0.29, 0.717) is 57.9 Å². The van der Waals surface area contributed by atoms with Gasteiger partial charge in [-0.05, 0) is 239 Å². The molecule has 149 heavy (non-hydrogen) atoms. The molecule has 0 bridgehead atoms. The fourth-order valence-corrected chi connectivity index (χ4v) is 14.3. The summed E-state index contributed by atoms with van der Waals surface area (Å²) in [6.45, 7) is 11.6. The number of anilines is 2. The number of rotatable bonds is 14. The van der Waals surface area contributed by atoms with Gasteiger partial charge in [0.25, 0.3) is 17.1 Å². The van der Waals surface area contributed by atoms with E-state index in [1.165, 1.54) is 148 Å². The standard InChI is InChI=1S/C15H16ClN5.C11H11ClN2O3.C10H5Cl2N3.C10H6ClN3O.C9H6ClN3O2.C9H8ClN3.C8H6ClNO3.C8H7ClO.C5H12N2.C5H13NO2.Cl3OP.H4N2.2Na.O4S2/c1-19-6-8-20(9-7-19)15-18-13-3-2-11(16)10-12(13)14-4-5-17-21(14)15;1-13(2)6-5-11(15)9-7-8(12)3-4-10(9)14(16)17;11-6-1-2-8-7(5-6)9-3-4-13-15(9)10(12)14-8;11-6-1-2-8-7(5-6)9-3-4-12-14(9)10(15)13-8;10-6-1-2-9(13(14)15)7(5-6)8-3-4-11-12-8;10-6-1-2-8(11)7(5-6)9-3-4-12-13-9;1-5(11)7-4-6(9)2-3-8(7)10(12)13;1-6(10)7-3-2-4-8(9)5-7;1-7-4-2-6-3-5-7;1-6(2)5(7-3)8-4;1-5(2,3)4;1-2;;;1-5(2)6(3)4/h2-5,10H,6-9H2,1H3;3-7H,1-2H3;1-5H;1-5H,(H,13,15);1-5H,(H,11,12);1-5H,11H2,(H,12,13);2-4H,1H3;2-5H,1H3;6H,2-5H2,1H3;5H,1-4H3;;1-2H2;;;/b;6-5+;;;;;;;;;;;;;. The van der Waals surface area contributed by atoms with Gasteiger partial charge in [-0.25, -0.2) is 19.3 Å². The number of benzene rings is 8. The Morgan fingerprint density at radius 1 is 0.503 bits per heavy atom. The van der Waals surface area contributed by atoms with Crippen LogP contribution < -0.4 is 33.3 Å². The molecule has 0 radical (unpaired) electrons. The van der Waals surface area contributed by atoms with Gasteiger partial charge in [0.2, 0.25) is 17.6 Å². The molecule has 59 heteroatoms. The van der Waals surface area contributed by atoms with Gasteiger partial charge in [-0.3, -0.25) is 76.1 Å². The molecule has 10 N–H and O–H groups in total. The van der Waals surface area contributed by atoms with Gasteiger partial charge in [0, 0.05) is 197 Å². The van der Waals surface area contributed by atoms with Crippen molar-refractivity contribution in [2.45, 2.75) is 20.3 Å². The number of H-pyrrole nitrogens is 3. The number of fused-ring (bicyclic) bond motifs is 9. The summed E-state index contributed by atoms with van der Waals surface area (Å²) in [7, 11) is 8.88. The monoisotopic (exact) mass is 2360 g/mol. The number of allylic oxidation sites excluding steroid dienone is 1. The molecule has 2 saturated heterocycles. The second-order valence-corrected chi connectivity index (χ2v) is 43.1. The van der Waals surface area contributed by atoms with Crippen LogP contribution in [0.5, 0.6) is 0 Å². The zero-order valence-corrected chi connectivity index (χ0v) is 96.7. The van der Waals surface area contributed by atoms with Gasteiger partial charge >= 0.3 is 73.0 Å². The second kappa shape index (κ2) is 66.1. The third-order valence-corrected chi connectivity index (χ3v) is 22.4. The number of nitrogens with two attached hydrogens (primary N) is 3. The fraction of sp³-hybridized carbons (Fsp3) is 0.211. The molecule has 8 aromatic heterocycles. The third-order valence-electron chi connectivity index (χ3n) is 19.4. The number of ketones is 3. The maximum atomic E-state index is 11.8. The molecule has 2 aliphatic rings. The number of ether oxygens (including phenoxy) is 2. The van der Waals surface area contributed by atoms with Gasteiger partial charge in [-0.15, -0.1) is 0 Å². The van der Waals surface area contributed by atoms with Crippen LogP contribution in [0.2, 0.25) is 45.5 Å². The van der Waals surface area contributed by atoms with Gasteiger partial charge in [0.15, 0.2) is 17.3 Å². The Labute approximate surface area is 942 Å². The number of nitrogens with zero attached hydrogens (tertiary/aromatic N) is 18. The number of piperazine rings is 2. The van der Waals surface area contributed by atoms with Crippen LogP contribution >= 0.6 is 143 Å². The van der Waals surface area contributed by atoms with E-state index in [1.807, 2.05) is 90.4 Å². The van der Waals surface area contributed by atoms with Crippen molar-refractivity contribution in [2.75, 3.05) is 119 Å². The number of Topliss-reactive ketones (excluding diaryl/α,β-unsaturated/α-hetero) is 2. The van der Waals surface area contributed by atoms with Crippen LogP contribution in [0.15, 0.2) is 230 Å². The summed E-state index contributed by atoms with van der Waals surface area (Å²) in [6.07, 6.45) is 10.9. The molecule has 10 heterocycles. The van der Waals surface area contributed by atoms with Crippen molar-refractivity contribution in [3.05, 3.63) is 328 Å². The molecule has 2 fully saturated rings. The zero-order valence-electron chi connectivity index (χ0n) is 81.1. The SMILES string of the molecule is CC(=O)c1cc(Cl)ccc1[N+](=O)[O-].CC(=O)c1cccc(Cl)c1.CN(C)/C=C/C(=O)c1cc(Cl)ccc1[N+](=O)[O-].CN1CCN(c2nc3ccc(Cl)cc3c3ccnn23)CC1.CN1CCNCC1.COC(OC)N(C)C.Clc1ccc2nc(Cl)n3nccc3c2c1.NN.Nc1ccc(Cl)cc1-c1ccn[nH]1.O=P(Cl)(Cl)Cl.O=S(=O)=S(=O)=O.O=[N+]([O-])c1ccc(Cl)cc1-c1ccn[nH]1.O=c1[nH]c2ccc(Cl)cc2c2ccnn12.[Na][Na]. The average Bonchev–Trinajstić information content (AvgIpc) is 1.74. The number of aromatic amines is 3. The van der Waals surface area contributed by atoms with E-state index in [4.69, 9.17) is 141 Å². The van der Waals surface area contributed by atoms with E-state index in [1.54, 1.807) is 123 Å². The molecule has 0 spiro atoms. The van der Waals surface area contributed by atoms with Crippen molar-refractivity contribution in [2.24, 2.45) is 11.7 Å². The minimum atomic E-state index is -3.22. The molecule has 2 aliphatic heterocycles. The van der Waals surface area contributed by atoms with Crippen LogP contribution in [0, 0.1) is 30.3 Å². The molecule has 0 saturated carbocycles. The van der Waals surface area contributed by atoms with Crippen molar-refractivity contribution in [1.82, 2.24) is 89.1 Å². The summed E-state index contributed by atoms with van der Waals surface area (Å²) in [5.74, 6) is 8.14. The number of hydrogen-bond acceptors (Lipinski definition) is 33. The molecule has 16 aromatic rings. The number of nitro benzene ring substituents is 3. The number of nitro groups is 3. The molecule has 0 unspecified atom stereocenters. The molecule has 8 aromatic carbocycles. The number of carbonyl (C=O) groups excluding carboxylic acids is 3. The summed E-state index contributed by atoms with van der Waals surface area (Å²) < 4.78 is 60.4. The summed E-state index contributed by atoms with van der Waals surface area (Å²) in [6, 6.07) is 50.3. The van der Waals surface area contributed by atoms with E-state index < -0.39 is 44.3 Å². The minimum absolute atomic E-state index is 0.00338. The van der Waals surface area contributed by atoms with E-state index in [2.05, 4.69) is 125 Å². The van der Waals surface area contributed by atoms with Crippen LogP contribution in [0.4, 0.5) is 28.7 Å². The van der Waals surface area contributed by atoms with Crippen LogP contribution in [-0.2, 0) is 32.6 Å². The van der Waals surface area contributed by atoms with Gasteiger partial charge < -0.3 is 45.1 Å². The first-order chi connectivity index (χ1) is 70.6. The summed E-state index contributed by atoms with van der Waals surface area (Å²) in [5.41, 5.74) is 14.5. The summed E-state index contributed by atoms with van der Waals surface area (Å²) >= 11 is 69.2. The number of methoxy groups -OCH3 is 2. The normalized spacial score (nSPS) is 11.8. The molecule has 784 valence electrons. The van der Waals surface area contributed by atoms with Crippen molar-refractivity contribution in [1.29, 1.82) is 0 Å². The average molecular weight is 2360 g/mol. The number of likely N-dealkylation sites (N-methyl/N-ethyl adjacent to an activating group) is 2. The quantitative estimate of drug-likeness (QED) is 0.00508. The molecular weight excluding hydrogens is 2270 g/mol. The van der Waals surface area contributed by atoms with Crippen LogP contribution in [0.25, 0.3) is 71.8 Å². The number of hydrazine groups is 1. The maximum absolute atomic E-state index is 11.8. The number of carbonyl (C=O) groups is 3. The van der Waals surface area contributed by atoms with Gasteiger partial charge in [-0.2, -0.15) is 51.4 Å². The number of nitrogens with one attached hydrogen (secondary N) is 4. The van der Waals surface area contributed by atoms with Crippen LogP contribution in [0.1, 0.15) is 44.9 Å². The number of halogens is 12. The summed E-state index contributed by atoms with van der Waals surface area (Å²) in [5, 5.41) is 65.1. The van der Waals surface area contributed by atoms with Crippen molar-refractivity contribution in [3.8, 4) is 22.5 Å². The summed E-state index contributed by atoms with van der Waals surface area (Å²) in [4.78, 5) is 97.5. The first-order valence-electron chi connectivity index (χ1n) is 43.0.